The predicted octanol–water partition coefficient (Wildman–Crippen LogP) is 3.25. The molecule has 0 radical (unpaired) electrons. The molecule has 2 aliphatic rings. The zero-order valence-corrected chi connectivity index (χ0v) is 17.4. The van der Waals surface area contributed by atoms with Crippen LogP contribution in [0.25, 0.3) is 0 Å². The average Bonchev–Trinajstić information content (AvgIpc) is 3.17. The lowest BCUT2D eigenvalue weighted by Gasteiger charge is -2.35. The van der Waals surface area contributed by atoms with Gasteiger partial charge in [0.25, 0.3) is 5.91 Å². The summed E-state index contributed by atoms with van der Waals surface area (Å²) in [5.74, 6) is 0.113. The van der Waals surface area contributed by atoms with Crippen molar-refractivity contribution in [2.75, 3.05) is 19.7 Å². The summed E-state index contributed by atoms with van der Waals surface area (Å²) < 4.78 is 0. The number of rotatable bonds is 5. The number of likely N-dealkylation sites (tertiary alicyclic amines) is 1. The second-order valence-corrected chi connectivity index (χ2v) is 8.82. The quantitative estimate of drug-likeness (QED) is 0.839. The van der Waals surface area contributed by atoms with E-state index in [1.54, 1.807) is 11.3 Å². The highest BCUT2D eigenvalue weighted by Crippen LogP contribution is 2.31. The molecular formula is C22H29N3O2S. The Balaban J connectivity index is 1.44. The Labute approximate surface area is 171 Å². The minimum absolute atomic E-state index is 0.0194. The lowest BCUT2D eigenvalue weighted by atomic mass is 9.98. The molecule has 2 aromatic rings. The van der Waals surface area contributed by atoms with Crippen molar-refractivity contribution < 1.29 is 9.90 Å². The van der Waals surface area contributed by atoms with Crippen LogP contribution in [0.2, 0.25) is 0 Å². The first kappa shape index (κ1) is 19.6. The third-order valence-electron chi connectivity index (χ3n) is 6.03. The summed E-state index contributed by atoms with van der Waals surface area (Å²) in [6.45, 7) is 5.66. The maximum absolute atomic E-state index is 13.1. The van der Waals surface area contributed by atoms with E-state index in [1.165, 1.54) is 16.0 Å². The molecule has 0 bridgehead atoms. The smallest absolute Gasteiger partial charge is 0.255 e. The number of pyridine rings is 1. The summed E-state index contributed by atoms with van der Waals surface area (Å²) in [6.07, 6.45) is 6.94. The van der Waals surface area contributed by atoms with Gasteiger partial charge in [-0.25, -0.2) is 0 Å². The largest absolute Gasteiger partial charge is 0.394 e. The molecule has 1 atom stereocenters. The molecule has 4 heterocycles. The summed E-state index contributed by atoms with van der Waals surface area (Å²) in [5, 5.41) is 11.7. The van der Waals surface area contributed by atoms with Crippen LogP contribution >= 0.6 is 11.3 Å². The van der Waals surface area contributed by atoms with Crippen molar-refractivity contribution in [3.05, 3.63) is 51.0 Å². The Morgan fingerprint density at radius 2 is 2.21 bits per heavy atom. The molecule has 0 aromatic carbocycles. The monoisotopic (exact) mass is 399 g/mol. The number of aromatic nitrogens is 1. The van der Waals surface area contributed by atoms with E-state index in [2.05, 4.69) is 28.9 Å². The number of carbonyl (C=O) groups excluding carboxylic acids is 1. The van der Waals surface area contributed by atoms with Crippen LogP contribution in [0, 0.1) is 0 Å². The number of carbonyl (C=O) groups is 1. The number of fused-ring (bicyclic) bond motifs is 1. The van der Waals surface area contributed by atoms with Gasteiger partial charge >= 0.3 is 0 Å². The summed E-state index contributed by atoms with van der Waals surface area (Å²) >= 11 is 1.70. The highest BCUT2D eigenvalue weighted by molar-refractivity contribution is 7.10. The molecule has 6 heteroatoms. The summed E-state index contributed by atoms with van der Waals surface area (Å²) in [7, 11) is 0. The van der Waals surface area contributed by atoms with Crippen LogP contribution in [-0.4, -0.2) is 51.5 Å². The van der Waals surface area contributed by atoms with Gasteiger partial charge in [-0.1, -0.05) is 13.0 Å². The number of aryl methyl sites for hydroxylation is 1. The predicted molar refractivity (Wildman–Crippen MR) is 112 cm³/mol. The fourth-order valence-electron chi connectivity index (χ4n) is 4.30. The molecule has 4 rings (SSSR count). The molecule has 2 aliphatic heterocycles. The van der Waals surface area contributed by atoms with Crippen molar-refractivity contribution in [2.24, 2.45) is 0 Å². The van der Waals surface area contributed by atoms with Crippen LogP contribution in [0.4, 0.5) is 0 Å². The van der Waals surface area contributed by atoms with E-state index >= 15 is 0 Å². The van der Waals surface area contributed by atoms with Crippen molar-refractivity contribution >= 4 is 17.2 Å². The van der Waals surface area contributed by atoms with Gasteiger partial charge in [0.05, 0.1) is 23.9 Å². The minimum atomic E-state index is -0.0194. The van der Waals surface area contributed by atoms with Gasteiger partial charge in [-0.2, -0.15) is 0 Å². The summed E-state index contributed by atoms with van der Waals surface area (Å²) in [6, 6.07) is 4.27. The van der Waals surface area contributed by atoms with Crippen LogP contribution in [0.5, 0.6) is 0 Å². The molecule has 0 saturated carbocycles. The number of hydrogen-bond acceptors (Lipinski definition) is 5. The van der Waals surface area contributed by atoms with Crippen molar-refractivity contribution in [1.29, 1.82) is 0 Å². The van der Waals surface area contributed by atoms with E-state index in [4.69, 9.17) is 0 Å². The van der Waals surface area contributed by atoms with Gasteiger partial charge in [0, 0.05) is 42.6 Å². The van der Waals surface area contributed by atoms with Gasteiger partial charge in [-0.3, -0.25) is 14.7 Å². The van der Waals surface area contributed by atoms with E-state index < -0.39 is 0 Å². The number of piperidine rings is 1. The zero-order chi connectivity index (χ0) is 19.5. The highest BCUT2D eigenvalue weighted by atomic mass is 32.1. The van der Waals surface area contributed by atoms with Crippen LogP contribution in [0.3, 0.4) is 0 Å². The number of nitrogens with zero attached hydrogens (tertiary/aromatic N) is 3. The van der Waals surface area contributed by atoms with E-state index in [0.717, 1.165) is 69.5 Å². The third kappa shape index (κ3) is 4.00. The SMILES string of the molecule is CCc1ccc(CN2CCc3c(C(=O)N4CCCCC4CO)csc3C2)nc1. The van der Waals surface area contributed by atoms with Gasteiger partial charge in [0.2, 0.25) is 0 Å². The standard InChI is InChI=1S/C22H29N3O2S/c1-2-16-6-7-17(23-11-16)12-24-10-8-19-20(15-28-21(19)13-24)22(27)25-9-4-3-5-18(25)14-26/h6-7,11,15,18,26H,2-5,8-10,12-14H2,1H3. The first-order chi connectivity index (χ1) is 13.7. The average molecular weight is 400 g/mol. The molecule has 5 nitrogen and oxygen atoms in total. The fourth-order valence-corrected chi connectivity index (χ4v) is 5.41. The van der Waals surface area contributed by atoms with Gasteiger partial charge < -0.3 is 10.0 Å². The lowest BCUT2D eigenvalue weighted by Crippen LogP contribution is -2.46. The Morgan fingerprint density at radius 1 is 1.32 bits per heavy atom. The van der Waals surface area contributed by atoms with Gasteiger partial charge in [-0.15, -0.1) is 11.3 Å². The highest BCUT2D eigenvalue weighted by Gasteiger charge is 2.31. The normalized spacial score (nSPS) is 20.2. The van der Waals surface area contributed by atoms with Crippen LogP contribution in [0.15, 0.2) is 23.7 Å². The molecule has 28 heavy (non-hydrogen) atoms. The van der Waals surface area contributed by atoms with Crippen molar-refractivity contribution in [3.63, 3.8) is 0 Å². The van der Waals surface area contributed by atoms with Crippen LogP contribution in [0.1, 0.15) is 58.2 Å². The zero-order valence-electron chi connectivity index (χ0n) is 16.6. The fraction of sp³-hybridized carbons (Fsp3) is 0.545. The van der Waals surface area contributed by atoms with E-state index in [9.17, 15) is 9.90 Å². The summed E-state index contributed by atoms with van der Waals surface area (Å²) in [4.78, 5) is 23.3. The number of amides is 1. The van der Waals surface area contributed by atoms with Crippen molar-refractivity contribution in [3.8, 4) is 0 Å². The van der Waals surface area contributed by atoms with Gasteiger partial charge in [0.1, 0.15) is 0 Å². The molecule has 1 unspecified atom stereocenters. The first-order valence-corrected chi connectivity index (χ1v) is 11.2. The van der Waals surface area contributed by atoms with Gasteiger partial charge in [0.15, 0.2) is 0 Å². The molecule has 1 amide bonds. The summed E-state index contributed by atoms with van der Waals surface area (Å²) in [5.41, 5.74) is 4.46. The molecule has 0 spiro atoms. The van der Waals surface area contributed by atoms with Crippen LogP contribution in [-0.2, 0) is 25.9 Å². The molecule has 2 aromatic heterocycles. The second kappa shape index (κ2) is 8.72. The Bertz CT molecular complexity index is 818. The molecule has 150 valence electrons. The topological polar surface area (TPSA) is 56.7 Å². The first-order valence-electron chi connectivity index (χ1n) is 10.4. The molecule has 1 saturated heterocycles. The number of aliphatic hydroxyl groups is 1. The minimum Gasteiger partial charge on any atom is -0.394 e. The van der Waals surface area contributed by atoms with E-state index in [1.807, 2.05) is 16.5 Å². The van der Waals surface area contributed by atoms with Crippen LogP contribution < -0.4 is 0 Å². The maximum Gasteiger partial charge on any atom is 0.255 e. The third-order valence-corrected chi connectivity index (χ3v) is 7.05. The molecule has 1 N–H and O–H groups in total. The number of aliphatic hydroxyl groups excluding tert-OH is 1. The molecule has 0 aliphatic carbocycles. The lowest BCUT2D eigenvalue weighted by molar-refractivity contribution is 0.0502. The Morgan fingerprint density at radius 3 is 2.96 bits per heavy atom. The van der Waals surface area contributed by atoms with E-state index in [-0.39, 0.29) is 18.6 Å². The van der Waals surface area contributed by atoms with Gasteiger partial charge in [-0.05, 0) is 49.3 Å². The Kier molecular flexibility index (Phi) is 6.09. The maximum atomic E-state index is 13.1. The molecular weight excluding hydrogens is 370 g/mol. The Hall–Kier alpha value is -1.76. The number of thiophene rings is 1. The number of hydrogen-bond donors (Lipinski definition) is 1. The van der Waals surface area contributed by atoms with Crippen molar-refractivity contribution in [2.45, 2.75) is 58.2 Å². The molecule has 1 fully saturated rings. The second-order valence-electron chi connectivity index (χ2n) is 7.85. The van der Waals surface area contributed by atoms with Crippen molar-refractivity contribution in [1.82, 2.24) is 14.8 Å². The van der Waals surface area contributed by atoms with E-state index in [0.29, 0.717) is 0 Å².